The van der Waals surface area contributed by atoms with Gasteiger partial charge in [0.25, 0.3) is 0 Å². The Morgan fingerprint density at radius 3 is 3.20 bits per heavy atom. The number of nitrogens with one attached hydrogen (secondary N) is 2. The summed E-state index contributed by atoms with van der Waals surface area (Å²) in [7, 11) is 0. The first kappa shape index (κ1) is 13.6. The van der Waals surface area contributed by atoms with E-state index in [2.05, 4.69) is 15.5 Å². The summed E-state index contributed by atoms with van der Waals surface area (Å²) in [6.45, 7) is 5.74. The Balaban J connectivity index is 1.58. The predicted molar refractivity (Wildman–Crippen MR) is 80.8 cm³/mol. The molecule has 0 aliphatic carbocycles. The zero-order chi connectivity index (χ0) is 13.9. The van der Waals surface area contributed by atoms with Crippen molar-refractivity contribution in [3.8, 4) is 0 Å². The number of piperidine rings is 1. The number of likely N-dealkylation sites (tertiary alicyclic amines) is 1. The summed E-state index contributed by atoms with van der Waals surface area (Å²) in [5.74, 6) is 0.832. The molecule has 4 heteroatoms. The minimum Gasteiger partial charge on any atom is -0.325 e. The number of rotatable bonds is 3. The second-order valence-corrected chi connectivity index (χ2v) is 6.02. The van der Waals surface area contributed by atoms with Gasteiger partial charge in [0.2, 0.25) is 5.91 Å². The second kappa shape index (κ2) is 5.94. The van der Waals surface area contributed by atoms with E-state index in [1.165, 1.54) is 18.4 Å². The molecule has 0 bridgehead atoms. The van der Waals surface area contributed by atoms with Crippen LogP contribution in [0.5, 0.6) is 0 Å². The Kier molecular flexibility index (Phi) is 4.03. The van der Waals surface area contributed by atoms with Crippen LogP contribution in [0, 0.1) is 12.8 Å². The SMILES string of the molecule is Cc1cccc(NC(=O)CN2CCCC3CNCC32)c1. The maximum atomic E-state index is 12.2. The van der Waals surface area contributed by atoms with Crippen molar-refractivity contribution in [2.24, 2.45) is 5.92 Å². The third-order valence-electron chi connectivity index (χ3n) is 4.44. The van der Waals surface area contributed by atoms with E-state index in [1.807, 2.05) is 31.2 Å². The number of carbonyl (C=O) groups excluding carboxylic acids is 1. The number of aryl methyl sites for hydroxylation is 1. The molecule has 0 saturated carbocycles. The molecular weight excluding hydrogens is 250 g/mol. The van der Waals surface area contributed by atoms with E-state index in [4.69, 9.17) is 0 Å². The van der Waals surface area contributed by atoms with Gasteiger partial charge in [-0.05, 0) is 56.5 Å². The van der Waals surface area contributed by atoms with Crippen molar-refractivity contribution >= 4 is 11.6 Å². The number of fused-ring (bicyclic) bond motifs is 1. The maximum Gasteiger partial charge on any atom is 0.238 e. The summed E-state index contributed by atoms with van der Waals surface area (Å²) < 4.78 is 0. The van der Waals surface area contributed by atoms with Gasteiger partial charge in [0, 0.05) is 18.3 Å². The number of amides is 1. The summed E-state index contributed by atoms with van der Waals surface area (Å²) in [5.41, 5.74) is 2.06. The van der Waals surface area contributed by atoms with Crippen LogP contribution in [0.3, 0.4) is 0 Å². The van der Waals surface area contributed by atoms with Crippen LogP contribution in [-0.2, 0) is 4.79 Å². The minimum absolute atomic E-state index is 0.100. The summed E-state index contributed by atoms with van der Waals surface area (Å²) >= 11 is 0. The minimum atomic E-state index is 0.100. The van der Waals surface area contributed by atoms with Crippen molar-refractivity contribution in [2.75, 3.05) is 31.5 Å². The Hall–Kier alpha value is -1.39. The maximum absolute atomic E-state index is 12.2. The van der Waals surface area contributed by atoms with Crippen molar-refractivity contribution < 1.29 is 4.79 Å². The van der Waals surface area contributed by atoms with Crippen LogP contribution in [-0.4, -0.2) is 43.0 Å². The molecule has 1 aromatic rings. The van der Waals surface area contributed by atoms with Gasteiger partial charge in [-0.15, -0.1) is 0 Å². The topological polar surface area (TPSA) is 44.4 Å². The highest BCUT2D eigenvalue weighted by atomic mass is 16.2. The van der Waals surface area contributed by atoms with E-state index in [1.54, 1.807) is 0 Å². The van der Waals surface area contributed by atoms with Crippen LogP contribution in [0.2, 0.25) is 0 Å². The van der Waals surface area contributed by atoms with E-state index in [0.717, 1.165) is 31.2 Å². The standard InChI is InChI=1S/C16H23N3O/c1-12-4-2-6-14(8-12)18-16(20)11-19-7-3-5-13-9-17-10-15(13)19/h2,4,6,8,13,15,17H,3,5,7,9-11H2,1H3,(H,18,20). The molecule has 0 aromatic heterocycles. The molecule has 2 aliphatic rings. The highest BCUT2D eigenvalue weighted by molar-refractivity contribution is 5.92. The van der Waals surface area contributed by atoms with Gasteiger partial charge in [0.1, 0.15) is 0 Å². The van der Waals surface area contributed by atoms with E-state index in [9.17, 15) is 4.79 Å². The highest BCUT2D eigenvalue weighted by Crippen LogP contribution is 2.26. The Bertz CT molecular complexity index is 488. The van der Waals surface area contributed by atoms with E-state index >= 15 is 0 Å². The van der Waals surface area contributed by atoms with Crippen molar-refractivity contribution in [2.45, 2.75) is 25.8 Å². The van der Waals surface area contributed by atoms with Gasteiger partial charge in [0.05, 0.1) is 6.54 Å². The molecule has 2 unspecified atom stereocenters. The molecule has 3 rings (SSSR count). The summed E-state index contributed by atoms with van der Waals surface area (Å²) in [4.78, 5) is 14.6. The summed E-state index contributed by atoms with van der Waals surface area (Å²) in [5, 5.41) is 6.46. The summed E-state index contributed by atoms with van der Waals surface area (Å²) in [6, 6.07) is 8.51. The number of benzene rings is 1. The van der Waals surface area contributed by atoms with Gasteiger partial charge in [-0.3, -0.25) is 9.69 Å². The molecular formula is C16H23N3O. The quantitative estimate of drug-likeness (QED) is 0.879. The molecule has 20 heavy (non-hydrogen) atoms. The van der Waals surface area contributed by atoms with Crippen LogP contribution >= 0.6 is 0 Å². The van der Waals surface area contributed by atoms with Crippen LogP contribution in [0.25, 0.3) is 0 Å². The molecule has 0 spiro atoms. The largest absolute Gasteiger partial charge is 0.325 e. The lowest BCUT2D eigenvalue weighted by atomic mass is 9.92. The molecule has 2 atom stereocenters. The zero-order valence-electron chi connectivity index (χ0n) is 12.1. The average molecular weight is 273 g/mol. The van der Waals surface area contributed by atoms with Crippen molar-refractivity contribution in [3.63, 3.8) is 0 Å². The lowest BCUT2D eigenvalue weighted by Gasteiger charge is -2.36. The first-order chi connectivity index (χ1) is 9.72. The first-order valence-corrected chi connectivity index (χ1v) is 7.53. The van der Waals surface area contributed by atoms with Crippen LogP contribution in [0.15, 0.2) is 24.3 Å². The molecule has 2 heterocycles. The van der Waals surface area contributed by atoms with Gasteiger partial charge in [-0.1, -0.05) is 12.1 Å². The zero-order valence-corrected chi connectivity index (χ0v) is 12.1. The number of anilines is 1. The molecule has 2 aliphatic heterocycles. The Labute approximate surface area is 120 Å². The van der Waals surface area contributed by atoms with Crippen LogP contribution in [0.4, 0.5) is 5.69 Å². The molecule has 1 amide bonds. The molecule has 4 nitrogen and oxygen atoms in total. The average Bonchev–Trinajstić information content (AvgIpc) is 2.88. The van der Waals surface area contributed by atoms with Crippen LogP contribution in [0.1, 0.15) is 18.4 Å². The van der Waals surface area contributed by atoms with E-state index in [0.29, 0.717) is 12.6 Å². The van der Waals surface area contributed by atoms with Gasteiger partial charge in [0.15, 0.2) is 0 Å². The number of hydrogen-bond donors (Lipinski definition) is 2. The second-order valence-electron chi connectivity index (χ2n) is 6.02. The fourth-order valence-electron chi connectivity index (χ4n) is 3.47. The number of carbonyl (C=O) groups is 1. The van der Waals surface area contributed by atoms with Crippen molar-refractivity contribution in [1.82, 2.24) is 10.2 Å². The fraction of sp³-hybridized carbons (Fsp3) is 0.562. The Morgan fingerprint density at radius 2 is 2.35 bits per heavy atom. The number of hydrogen-bond acceptors (Lipinski definition) is 3. The third-order valence-corrected chi connectivity index (χ3v) is 4.44. The van der Waals surface area contributed by atoms with Gasteiger partial charge < -0.3 is 10.6 Å². The third kappa shape index (κ3) is 3.02. The normalized spacial score (nSPS) is 26.2. The van der Waals surface area contributed by atoms with Crippen molar-refractivity contribution in [1.29, 1.82) is 0 Å². The predicted octanol–water partition coefficient (Wildman–Crippen LogP) is 1.62. The smallest absolute Gasteiger partial charge is 0.238 e. The summed E-state index contributed by atoms with van der Waals surface area (Å²) in [6.07, 6.45) is 2.51. The van der Waals surface area contributed by atoms with Crippen molar-refractivity contribution in [3.05, 3.63) is 29.8 Å². The molecule has 108 valence electrons. The first-order valence-electron chi connectivity index (χ1n) is 7.53. The van der Waals surface area contributed by atoms with Gasteiger partial charge in [-0.25, -0.2) is 0 Å². The molecule has 2 saturated heterocycles. The van der Waals surface area contributed by atoms with Crippen LogP contribution < -0.4 is 10.6 Å². The van der Waals surface area contributed by atoms with Gasteiger partial charge >= 0.3 is 0 Å². The monoisotopic (exact) mass is 273 g/mol. The molecule has 2 fully saturated rings. The van der Waals surface area contributed by atoms with Gasteiger partial charge in [-0.2, -0.15) is 0 Å². The molecule has 2 N–H and O–H groups in total. The molecule has 0 radical (unpaired) electrons. The highest BCUT2D eigenvalue weighted by Gasteiger charge is 2.35. The Morgan fingerprint density at radius 1 is 1.45 bits per heavy atom. The number of nitrogens with zero attached hydrogens (tertiary/aromatic N) is 1. The van der Waals surface area contributed by atoms with E-state index < -0.39 is 0 Å². The van der Waals surface area contributed by atoms with E-state index in [-0.39, 0.29) is 5.91 Å². The fourth-order valence-corrected chi connectivity index (χ4v) is 3.47. The lowest BCUT2D eigenvalue weighted by Crippen LogP contribution is -2.48. The lowest BCUT2D eigenvalue weighted by molar-refractivity contribution is -0.118. The molecule has 1 aromatic carbocycles.